The standard InChI is InChI=1S/C11H23NO6Si/c1-15-11(16-2,17-3)5-7-19-8-10(14)18-6-4-9(12)13/h4-8,19H2,1-3H3,(H2,12,13). The van der Waals surface area contributed by atoms with E-state index in [2.05, 4.69) is 0 Å². The Hall–Kier alpha value is -0.963. The molecular weight excluding hydrogens is 270 g/mol. The van der Waals surface area contributed by atoms with Crippen molar-refractivity contribution in [1.29, 1.82) is 0 Å². The molecule has 0 aromatic carbocycles. The quantitative estimate of drug-likeness (QED) is 0.236. The first-order valence-corrected chi connectivity index (χ1v) is 8.09. The van der Waals surface area contributed by atoms with Crippen LogP contribution in [0.3, 0.4) is 0 Å². The summed E-state index contributed by atoms with van der Waals surface area (Å²) >= 11 is 0. The molecule has 7 nitrogen and oxygen atoms in total. The minimum atomic E-state index is -1.02. The molecule has 0 aliphatic heterocycles. The minimum Gasteiger partial charge on any atom is -0.465 e. The first kappa shape index (κ1) is 18.0. The number of primary amides is 1. The van der Waals surface area contributed by atoms with Gasteiger partial charge in [0, 0.05) is 43.3 Å². The highest BCUT2D eigenvalue weighted by molar-refractivity contribution is 6.40. The summed E-state index contributed by atoms with van der Waals surface area (Å²) < 4.78 is 20.3. The molecule has 0 bridgehead atoms. The molecule has 0 fully saturated rings. The van der Waals surface area contributed by atoms with Crippen molar-refractivity contribution in [1.82, 2.24) is 0 Å². The molecule has 0 radical (unpaired) electrons. The molecule has 0 atom stereocenters. The Morgan fingerprint density at radius 1 is 1.16 bits per heavy atom. The topological polar surface area (TPSA) is 97.1 Å². The van der Waals surface area contributed by atoms with Crippen LogP contribution in [0, 0.1) is 0 Å². The van der Waals surface area contributed by atoms with Crippen molar-refractivity contribution < 1.29 is 28.5 Å². The highest BCUT2D eigenvalue weighted by Crippen LogP contribution is 2.19. The average Bonchev–Trinajstić information content (AvgIpc) is 2.39. The Morgan fingerprint density at radius 2 is 1.74 bits per heavy atom. The van der Waals surface area contributed by atoms with Crippen LogP contribution >= 0.6 is 0 Å². The van der Waals surface area contributed by atoms with E-state index < -0.39 is 21.4 Å². The van der Waals surface area contributed by atoms with Gasteiger partial charge in [-0.05, 0) is 0 Å². The third-order valence-electron chi connectivity index (χ3n) is 2.66. The van der Waals surface area contributed by atoms with E-state index in [-0.39, 0.29) is 19.0 Å². The molecule has 112 valence electrons. The van der Waals surface area contributed by atoms with Crippen LogP contribution in [-0.2, 0) is 28.5 Å². The Labute approximate surface area is 115 Å². The largest absolute Gasteiger partial charge is 0.465 e. The van der Waals surface area contributed by atoms with Crippen LogP contribution in [0.25, 0.3) is 0 Å². The number of methoxy groups -OCH3 is 3. The molecule has 0 spiro atoms. The zero-order valence-electron chi connectivity index (χ0n) is 11.8. The van der Waals surface area contributed by atoms with Crippen molar-refractivity contribution >= 4 is 21.4 Å². The third-order valence-corrected chi connectivity index (χ3v) is 4.27. The molecule has 0 aliphatic carbocycles. The maximum Gasteiger partial charge on any atom is 0.302 e. The van der Waals surface area contributed by atoms with Crippen molar-refractivity contribution in [2.45, 2.75) is 30.9 Å². The second kappa shape index (κ2) is 9.90. The van der Waals surface area contributed by atoms with Crippen LogP contribution in [0.5, 0.6) is 0 Å². The fraction of sp³-hybridized carbons (Fsp3) is 0.818. The van der Waals surface area contributed by atoms with Crippen LogP contribution in [0.2, 0.25) is 12.1 Å². The predicted molar refractivity (Wildman–Crippen MR) is 71.3 cm³/mol. The molecular formula is C11H23NO6Si. The normalized spacial score (nSPS) is 11.9. The molecule has 0 unspecified atom stereocenters. The number of amides is 1. The van der Waals surface area contributed by atoms with Crippen LogP contribution in [0.15, 0.2) is 0 Å². The summed E-state index contributed by atoms with van der Waals surface area (Å²) in [5.74, 6) is -1.79. The molecule has 0 saturated heterocycles. The lowest BCUT2D eigenvalue weighted by Crippen LogP contribution is -2.36. The van der Waals surface area contributed by atoms with E-state index in [1.807, 2.05) is 0 Å². The third kappa shape index (κ3) is 7.93. The van der Waals surface area contributed by atoms with Gasteiger partial charge in [-0.3, -0.25) is 9.59 Å². The number of carbonyl (C=O) groups is 2. The number of carbonyl (C=O) groups excluding carboxylic acids is 2. The van der Waals surface area contributed by atoms with E-state index in [1.54, 1.807) is 0 Å². The number of hydrogen-bond donors (Lipinski definition) is 1. The Morgan fingerprint density at radius 3 is 2.21 bits per heavy atom. The molecule has 0 rings (SSSR count). The van der Waals surface area contributed by atoms with E-state index in [9.17, 15) is 9.59 Å². The Bertz CT molecular complexity index is 274. The predicted octanol–water partition coefficient (Wildman–Crippen LogP) is -0.606. The van der Waals surface area contributed by atoms with Crippen molar-refractivity contribution in [2.75, 3.05) is 27.9 Å². The number of nitrogens with two attached hydrogens (primary N) is 1. The summed E-state index contributed by atoms with van der Waals surface area (Å²) in [5.41, 5.74) is 4.93. The number of esters is 1. The van der Waals surface area contributed by atoms with Gasteiger partial charge in [0.15, 0.2) is 0 Å². The summed E-state index contributed by atoms with van der Waals surface area (Å²) in [6.07, 6.45) is 0.630. The first-order valence-electron chi connectivity index (χ1n) is 6.09. The Balaban J connectivity index is 3.73. The van der Waals surface area contributed by atoms with E-state index in [4.69, 9.17) is 24.7 Å². The van der Waals surface area contributed by atoms with Gasteiger partial charge in [0.05, 0.1) is 6.42 Å². The number of ether oxygens (including phenoxy) is 4. The highest BCUT2D eigenvalue weighted by Gasteiger charge is 2.28. The Kier molecular flexibility index (Phi) is 9.40. The minimum absolute atomic E-state index is 0.0563. The molecule has 8 heteroatoms. The molecule has 0 heterocycles. The van der Waals surface area contributed by atoms with Gasteiger partial charge in [-0.1, -0.05) is 6.04 Å². The van der Waals surface area contributed by atoms with E-state index in [0.29, 0.717) is 12.5 Å². The molecule has 0 saturated carbocycles. The molecule has 19 heavy (non-hydrogen) atoms. The smallest absolute Gasteiger partial charge is 0.302 e. The van der Waals surface area contributed by atoms with Gasteiger partial charge in [0.2, 0.25) is 5.91 Å². The van der Waals surface area contributed by atoms with E-state index >= 15 is 0 Å². The second-order valence-corrected chi connectivity index (χ2v) is 5.85. The van der Waals surface area contributed by atoms with Crippen LogP contribution in [0.1, 0.15) is 12.8 Å². The SMILES string of the molecule is COC(CC[SiH2]CC(=O)OCCC(N)=O)(OC)OC. The summed E-state index contributed by atoms with van der Waals surface area (Å²) in [6.45, 7) is 0.0563. The van der Waals surface area contributed by atoms with Gasteiger partial charge in [-0.2, -0.15) is 0 Å². The van der Waals surface area contributed by atoms with Gasteiger partial charge in [-0.25, -0.2) is 0 Å². The monoisotopic (exact) mass is 293 g/mol. The van der Waals surface area contributed by atoms with Gasteiger partial charge in [0.25, 0.3) is 5.97 Å². The summed E-state index contributed by atoms with van der Waals surface area (Å²) in [7, 11) is 3.90. The molecule has 0 aromatic rings. The summed E-state index contributed by atoms with van der Waals surface area (Å²) in [6, 6.07) is 1.23. The molecule has 0 aromatic heterocycles. The van der Waals surface area contributed by atoms with Gasteiger partial charge >= 0.3 is 5.97 Å². The lowest BCUT2D eigenvalue weighted by atomic mass is 10.4. The lowest BCUT2D eigenvalue weighted by molar-refractivity contribution is -0.352. The summed E-state index contributed by atoms with van der Waals surface area (Å²) in [5, 5.41) is 0. The maximum absolute atomic E-state index is 11.3. The zero-order valence-corrected chi connectivity index (χ0v) is 13.2. The van der Waals surface area contributed by atoms with Crippen molar-refractivity contribution in [3.05, 3.63) is 0 Å². The molecule has 1 amide bonds. The van der Waals surface area contributed by atoms with Crippen molar-refractivity contribution in [3.63, 3.8) is 0 Å². The zero-order chi connectivity index (χ0) is 14.7. The lowest BCUT2D eigenvalue weighted by Gasteiger charge is -2.28. The fourth-order valence-electron chi connectivity index (χ4n) is 1.50. The summed E-state index contributed by atoms with van der Waals surface area (Å²) in [4.78, 5) is 21.8. The molecule has 2 N–H and O–H groups in total. The molecule has 0 aliphatic rings. The van der Waals surface area contributed by atoms with Crippen molar-refractivity contribution in [3.8, 4) is 0 Å². The van der Waals surface area contributed by atoms with E-state index in [0.717, 1.165) is 6.04 Å². The van der Waals surface area contributed by atoms with Crippen LogP contribution in [-0.4, -0.2) is 55.3 Å². The van der Waals surface area contributed by atoms with Crippen molar-refractivity contribution in [2.24, 2.45) is 5.73 Å². The number of rotatable bonds is 11. The van der Waals surface area contributed by atoms with E-state index in [1.165, 1.54) is 21.3 Å². The highest BCUT2D eigenvalue weighted by atomic mass is 28.2. The number of hydrogen-bond acceptors (Lipinski definition) is 6. The van der Waals surface area contributed by atoms with Gasteiger partial charge in [0.1, 0.15) is 6.61 Å². The van der Waals surface area contributed by atoms with Crippen LogP contribution < -0.4 is 5.73 Å². The maximum atomic E-state index is 11.3. The van der Waals surface area contributed by atoms with Crippen LogP contribution in [0.4, 0.5) is 0 Å². The second-order valence-electron chi connectivity index (χ2n) is 3.94. The first-order chi connectivity index (χ1) is 8.99. The van der Waals surface area contributed by atoms with Gasteiger partial charge < -0.3 is 24.7 Å². The fourth-order valence-corrected chi connectivity index (χ4v) is 2.87. The van der Waals surface area contributed by atoms with Gasteiger partial charge in [-0.15, -0.1) is 0 Å². The average molecular weight is 293 g/mol.